The third-order valence-electron chi connectivity index (χ3n) is 9.02. The number of unbranched alkanes of at least 4 members (excludes halogenated alkanes) is 22. The highest BCUT2D eigenvalue weighted by atomic mass is 127. The molecule has 0 bridgehead atoms. The number of esters is 2. The second-order valence-corrected chi connectivity index (χ2v) is 16.1. The maximum Gasteiger partial charge on any atom is 0.306 e. The van der Waals surface area contributed by atoms with E-state index in [1.54, 1.807) is 0 Å². The molecule has 0 aliphatic carbocycles. The molecule has 0 spiro atoms. The van der Waals surface area contributed by atoms with Gasteiger partial charge in [0.2, 0.25) is 0 Å². The zero-order valence-corrected chi connectivity index (χ0v) is 34.6. The van der Waals surface area contributed by atoms with Crippen LogP contribution in [0.1, 0.15) is 194 Å². The van der Waals surface area contributed by atoms with Gasteiger partial charge >= 0.3 is 11.9 Å². The number of hydrogen-bond donors (Lipinski definition) is 0. The summed E-state index contributed by atoms with van der Waals surface area (Å²) in [5.41, 5.74) is 0. The summed E-state index contributed by atoms with van der Waals surface area (Å²) in [5.74, 6) is -0.364. The summed E-state index contributed by atoms with van der Waals surface area (Å²) in [6.45, 7) is 4.66. The molecule has 0 saturated carbocycles. The van der Waals surface area contributed by atoms with Gasteiger partial charge in [0.05, 0.1) is 21.1 Å². The van der Waals surface area contributed by atoms with E-state index in [9.17, 15) is 9.59 Å². The number of allylic oxidation sites excluding steroid dienone is 4. The van der Waals surface area contributed by atoms with Crippen LogP contribution < -0.4 is 0 Å². The van der Waals surface area contributed by atoms with Crippen molar-refractivity contribution in [2.24, 2.45) is 0 Å². The second-order valence-electron chi connectivity index (χ2n) is 14.9. The molecule has 2 atom stereocenters. The molecule has 6 heteroatoms. The van der Waals surface area contributed by atoms with E-state index < -0.39 is 6.10 Å². The highest BCUT2D eigenvalue weighted by Gasteiger charge is 2.34. The number of halogens is 1. The van der Waals surface area contributed by atoms with E-state index in [2.05, 4.69) is 81.9 Å². The van der Waals surface area contributed by atoms with E-state index in [0.717, 1.165) is 44.9 Å². The van der Waals surface area contributed by atoms with Crippen LogP contribution in [0.3, 0.4) is 0 Å². The minimum absolute atomic E-state index is 0.00620. The fourth-order valence-corrected chi connectivity index (χ4v) is 6.18. The average molecular weight is 789 g/mol. The number of carbonyl (C=O) groups excluding carboxylic acids is 2. The van der Waals surface area contributed by atoms with Crippen LogP contribution in [0.25, 0.3) is 0 Å². The Kier molecular flexibility index (Phi) is 33.9. The molecule has 0 fully saturated rings. The van der Waals surface area contributed by atoms with E-state index in [0.29, 0.717) is 17.3 Å². The molecular formula is C42H79INO4+. The smallest absolute Gasteiger partial charge is 0.306 e. The number of rotatable bonds is 35. The Hall–Kier alpha value is -0.890. The molecule has 282 valence electrons. The zero-order chi connectivity index (χ0) is 35.6. The van der Waals surface area contributed by atoms with Gasteiger partial charge in [-0.25, -0.2) is 0 Å². The van der Waals surface area contributed by atoms with Gasteiger partial charge in [0.15, 0.2) is 10.2 Å². The fourth-order valence-electron chi connectivity index (χ4n) is 5.82. The van der Waals surface area contributed by atoms with Crippen LogP contribution in [-0.2, 0) is 19.1 Å². The van der Waals surface area contributed by atoms with Gasteiger partial charge in [-0.1, -0.05) is 141 Å². The minimum atomic E-state index is -0.445. The quantitative estimate of drug-likeness (QED) is 0.0122. The van der Waals surface area contributed by atoms with Crippen molar-refractivity contribution >= 4 is 34.5 Å². The SMILES string of the molecule is CCCCCCCCC=CCCCCCCCC(=O)OCC(OC(=O)CCCCCCCC=CCCCCCCCC)C(I)[N+](C)(C)C. The predicted molar refractivity (Wildman–Crippen MR) is 216 cm³/mol. The van der Waals surface area contributed by atoms with Crippen LogP contribution in [0.2, 0.25) is 0 Å². The van der Waals surface area contributed by atoms with Crippen molar-refractivity contribution < 1.29 is 23.5 Å². The molecule has 0 aliphatic rings. The van der Waals surface area contributed by atoms with Gasteiger partial charge in [-0.05, 0) is 86.8 Å². The topological polar surface area (TPSA) is 52.6 Å². The molecule has 5 nitrogen and oxygen atoms in total. The van der Waals surface area contributed by atoms with Crippen LogP contribution in [0.5, 0.6) is 0 Å². The molecule has 2 unspecified atom stereocenters. The zero-order valence-electron chi connectivity index (χ0n) is 32.4. The van der Waals surface area contributed by atoms with Crippen LogP contribution in [0.4, 0.5) is 0 Å². The van der Waals surface area contributed by atoms with Gasteiger partial charge in [-0.3, -0.25) is 9.59 Å². The summed E-state index contributed by atoms with van der Waals surface area (Å²) in [5, 5.41) is 0. The average Bonchev–Trinajstić information content (AvgIpc) is 3.05. The van der Waals surface area contributed by atoms with Crippen molar-refractivity contribution in [1.29, 1.82) is 0 Å². The highest BCUT2D eigenvalue weighted by molar-refractivity contribution is 14.1. The Morgan fingerprint density at radius 2 is 0.854 bits per heavy atom. The van der Waals surface area contributed by atoms with Crippen LogP contribution in [-0.4, -0.2) is 54.3 Å². The summed E-state index contributed by atoms with van der Waals surface area (Å²) >= 11 is 2.33. The summed E-state index contributed by atoms with van der Waals surface area (Å²) in [6, 6.07) is 0. The standard InChI is InChI=1S/C42H79INO4/c1-6-8-10-12-14-16-18-20-22-24-26-28-30-32-34-36-40(45)47-38-39(42(43)44(3,4)5)48-41(46)37-35-33-31-29-27-25-23-21-19-17-15-13-11-9-7-2/h20-23,39,42H,6-19,24-38H2,1-5H3/q+1. The number of quaternary nitrogens is 1. The number of hydrogen-bond acceptors (Lipinski definition) is 4. The lowest BCUT2D eigenvalue weighted by Crippen LogP contribution is -2.51. The van der Waals surface area contributed by atoms with E-state index in [-0.39, 0.29) is 22.6 Å². The van der Waals surface area contributed by atoms with Crippen molar-refractivity contribution in [2.75, 3.05) is 27.7 Å². The fraction of sp³-hybridized carbons (Fsp3) is 0.857. The molecule has 0 aromatic heterocycles. The molecule has 0 rings (SSSR count). The van der Waals surface area contributed by atoms with E-state index in [1.807, 2.05) is 0 Å². The first kappa shape index (κ1) is 47.1. The monoisotopic (exact) mass is 789 g/mol. The summed E-state index contributed by atoms with van der Waals surface area (Å²) in [6.07, 6.45) is 41.9. The number of nitrogens with zero attached hydrogens (tertiary/aromatic N) is 1. The third-order valence-corrected chi connectivity index (χ3v) is 11.5. The molecular weight excluding hydrogens is 709 g/mol. The largest absolute Gasteiger partial charge is 0.461 e. The molecule has 48 heavy (non-hydrogen) atoms. The van der Waals surface area contributed by atoms with Crippen molar-refractivity contribution in [3.63, 3.8) is 0 Å². The number of likely N-dealkylation sites (N-methyl/N-ethyl adjacent to an activating group) is 1. The minimum Gasteiger partial charge on any atom is -0.461 e. The molecule has 0 amide bonds. The van der Waals surface area contributed by atoms with Gasteiger partial charge in [-0.2, -0.15) is 0 Å². The Labute approximate surface area is 312 Å². The van der Waals surface area contributed by atoms with Gasteiger partial charge in [0, 0.05) is 12.8 Å². The summed E-state index contributed by atoms with van der Waals surface area (Å²) < 4.78 is 12.1. The molecule has 0 N–H and O–H groups in total. The Bertz CT molecular complexity index is 791. The van der Waals surface area contributed by atoms with Crippen molar-refractivity contribution in [3.8, 4) is 0 Å². The molecule has 0 heterocycles. The lowest BCUT2D eigenvalue weighted by atomic mass is 10.1. The molecule has 0 aliphatic heterocycles. The summed E-state index contributed by atoms with van der Waals surface area (Å²) in [7, 11) is 6.24. The lowest BCUT2D eigenvalue weighted by Gasteiger charge is -2.34. The molecule has 0 aromatic carbocycles. The van der Waals surface area contributed by atoms with Crippen LogP contribution in [0, 0.1) is 0 Å². The molecule has 0 saturated heterocycles. The Balaban J connectivity index is 4.02. The maximum atomic E-state index is 12.7. The number of carbonyl (C=O) groups is 2. The molecule has 0 radical (unpaired) electrons. The van der Waals surface area contributed by atoms with Crippen LogP contribution >= 0.6 is 22.6 Å². The number of alkyl halides is 1. The maximum absolute atomic E-state index is 12.7. The van der Waals surface area contributed by atoms with Gasteiger partial charge in [0.1, 0.15) is 6.61 Å². The lowest BCUT2D eigenvalue weighted by molar-refractivity contribution is -0.879. The predicted octanol–water partition coefficient (Wildman–Crippen LogP) is 13.0. The van der Waals surface area contributed by atoms with E-state index in [1.165, 1.54) is 122 Å². The summed E-state index contributed by atoms with van der Waals surface area (Å²) in [4.78, 5) is 25.2. The van der Waals surface area contributed by atoms with E-state index in [4.69, 9.17) is 9.47 Å². The first-order chi connectivity index (χ1) is 23.2. The first-order valence-electron chi connectivity index (χ1n) is 20.3. The highest BCUT2D eigenvalue weighted by Crippen LogP contribution is 2.21. The van der Waals surface area contributed by atoms with Gasteiger partial charge in [-0.15, -0.1) is 0 Å². The first-order valence-corrected chi connectivity index (χ1v) is 21.6. The number of ether oxygens (including phenoxy) is 2. The van der Waals surface area contributed by atoms with Crippen molar-refractivity contribution in [2.45, 2.75) is 204 Å². The third kappa shape index (κ3) is 32.3. The van der Waals surface area contributed by atoms with Gasteiger partial charge < -0.3 is 14.0 Å². The Morgan fingerprint density at radius 1 is 0.521 bits per heavy atom. The van der Waals surface area contributed by atoms with Gasteiger partial charge in [0.25, 0.3) is 0 Å². The normalized spacial score (nSPS) is 13.4. The molecule has 0 aromatic rings. The van der Waals surface area contributed by atoms with Crippen molar-refractivity contribution in [1.82, 2.24) is 0 Å². The van der Waals surface area contributed by atoms with Crippen molar-refractivity contribution in [3.05, 3.63) is 24.3 Å². The second kappa shape index (κ2) is 34.6. The Morgan fingerprint density at radius 3 is 1.23 bits per heavy atom. The van der Waals surface area contributed by atoms with E-state index >= 15 is 0 Å². The van der Waals surface area contributed by atoms with Crippen LogP contribution in [0.15, 0.2) is 24.3 Å².